The van der Waals surface area contributed by atoms with E-state index in [-0.39, 0.29) is 18.5 Å². The Labute approximate surface area is 123 Å². The number of aliphatic carboxylic acids is 1. The number of carboxylic acids is 1. The van der Waals surface area contributed by atoms with E-state index in [9.17, 15) is 9.59 Å². The molecule has 0 saturated heterocycles. The highest BCUT2D eigenvalue weighted by Gasteiger charge is 2.08. The molecular formula is C15H17N3O3. The Morgan fingerprint density at radius 1 is 1.33 bits per heavy atom. The van der Waals surface area contributed by atoms with Crippen LogP contribution in [0.3, 0.4) is 0 Å². The van der Waals surface area contributed by atoms with Crippen molar-refractivity contribution >= 4 is 17.6 Å². The van der Waals surface area contributed by atoms with Crippen LogP contribution < -0.4 is 10.6 Å². The first-order valence-corrected chi connectivity index (χ1v) is 6.38. The average molecular weight is 287 g/mol. The number of amides is 1. The summed E-state index contributed by atoms with van der Waals surface area (Å²) in [5, 5.41) is 22.7. The summed E-state index contributed by atoms with van der Waals surface area (Å²) in [5.41, 5.74) is 2.90. The first kappa shape index (κ1) is 16.2. The van der Waals surface area contributed by atoms with Gasteiger partial charge in [-0.1, -0.05) is 6.07 Å². The third kappa shape index (κ3) is 5.37. The van der Waals surface area contributed by atoms with E-state index in [1.54, 1.807) is 6.07 Å². The molecule has 1 aromatic rings. The molecule has 0 atom stereocenters. The Balaban J connectivity index is 2.66. The van der Waals surface area contributed by atoms with E-state index in [2.05, 4.69) is 10.6 Å². The second-order valence-corrected chi connectivity index (χ2v) is 4.51. The van der Waals surface area contributed by atoms with Crippen LogP contribution in [0.15, 0.2) is 30.0 Å². The molecule has 0 aliphatic carbocycles. The molecule has 6 heteroatoms. The van der Waals surface area contributed by atoms with Crippen LogP contribution in [0.2, 0.25) is 0 Å². The zero-order chi connectivity index (χ0) is 15.8. The minimum absolute atomic E-state index is 0.0170. The molecule has 6 nitrogen and oxygen atoms in total. The molecule has 21 heavy (non-hydrogen) atoms. The van der Waals surface area contributed by atoms with Crippen LogP contribution in [-0.2, 0) is 9.59 Å². The largest absolute Gasteiger partial charge is 0.481 e. The van der Waals surface area contributed by atoms with Gasteiger partial charge in [-0.25, -0.2) is 0 Å². The van der Waals surface area contributed by atoms with E-state index in [0.29, 0.717) is 0 Å². The van der Waals surface area contributed by atoms with Crippen molar-refractivity contribution in [2.75, 3.05) is 11.9 Å². The van der Waals surface area contributed by atoms with Gasteiger partial charge >= 0.3 is 5.97 Å². The van der Waals surface area contributed by atoms with Gasteiger partial charge in [0.05, 0.1) is 6.42 Å². The predicted octanol–water partition coefficient (Wildman–Crippen LogP) is 1.71. The molecule has 3 N–H and O–H groups in total. The van der Waals surface area contributed by atoms with Gasteiger partial charge in [0.25, 0.3) is 5.91 Å². The fourth-order valence-corrected chi connectivity index (χ4v) is 1.51. The highest BCUT2D eigenvalue weighted by Crippen LogP contribution is 2.14. The van der Waals surface area contributed by atoms with Crippen molar-refractivity contribution in [3.63, 3.8) is 0 Å². The van der Waals surface area contributed by atoms with Crippen molar-refractivity contribution in [2.45, 2.75) is 20.3 Å². The normalized spacial score (nSPS) is 10.6. The number of carboxylic acid groups (broad SMARTS) is 1. The van der Waals surface area contributed by atoms with Gasteiger partial charge in [0.2, 0.25) is 0 Å². The highest BCUT2D eigenvalue weighted by molar-refractivity contribution is 5.97. The average Bonchev–Trinajstić information content (AvgIpc) is 2.43. The number of hydrogen-bond acceptors (Lipinski definition) is 4. The lowest BCUT2D eigenvalue weighted by Crippen LogP contribution is -2.27. The topological polar surface area (TPSA) is 102 Å². The first-order chi connectivity index (χ1) is 9.93. The van der Waals surface area contributed by atoms with Crippen molar-refractivity contribution in [3.8, 4) is 6.07 Å². The van der Waals surface area contributed by atoms with Crippen molar-refractivity contribution in [2.24, 2.45) is 0 Å². The zero-order valence-electron chi connectivity index (χ0n) is 11.9. The quantitative estimate of drug-likeness (QED) is 0.546. The molecule has 1 rings (SSSR count). The maximum absolute atomic E-state index is 11.7. The van der Waals surface area contributed by atoms with Crippen molar-refractivity contribution in [1.82, 2.24) is 5.32 Å². The van der Waals surface area contributed by atoms with Crippen LogP contribution >= 0.6 is 0 Å². The van der Waals surface area contributed by atoms with Gasteiger partial charge < -0.3 is 15.7 Å². The molecule has 0 aliphatic rings. The number of nitrogens with one attached hydrogen (secondary N) is 2. The maximum atomic E-state index is 11.7. The predicted molar refractivity (Wildman–Crippen MR) is 78.5 cm³/mol. The summed E-state index contributed by atoms with van der Waals surface area (Å²) >= 11 is 0. The number of carbonyl (C=O) groups excluding carboxylic acids is 1. The van der Waals surface area contributed by atoms with Crippen molar-refractivity contribution in [1.29, 1.82) is 5.26 Å². The lowest BCUT2D eigenvalue weighted by atomic mass is 10.1. The lowest BCUT2D eigenvalue weighted by Gasteiger charge is -2.06. The number of hydrogen-bond donors (Lipinski definition) is 3. The second-order valence-electron chi connectivity index (χ2n) is 4.51. The maximum Gasteiger partial charge on any atom is 0.305 e. The fraction of sp³-hybridized carbons (Fsp3) is 0.267. The van der Waals surface area contributed by atoms with Crippen LogP contribution in [0.1, 0.15) is 17.5 Å². The van der Waals surface area contributed by atoms with Gasteiger partial charge in [0.1, 0.15) is 11.6 Å². The second kappa shape index (κ2) is 7.70. The minimum atomic E-state index is -1.01. The molecular weight excluding hydrogens is 270 g/mol. The molecule has 0 radical (unpaired) electrons. The van der Waals surface area contributed by atoms with Crippen LogP contribution in [0.25, 0.3) is 0 Å². The third-order valence-corrected chi connectivity index (χ3v) is 2.88. The number of rotatable bonds is 6. The molecule has 0 saturated carbocycles. The van der Waals surface area contributed by atoms with E-state index in [0.717, 1.165) is 16.8 Å². The summed E-state index contributed by atoms with van der Waals surface area (Å²) in [6.45, 7) is 3.94. The number of carbonyl (C=O) groups is 2. The summed E-state index contributed by atoms with van der Waals surface area (Å²) in [7, 11) is 0. The monoisotopic (exact) mass is 287 g/mol. The molecule has 1 amide bonds. The molecule has 0 aliphatic heterocycles. The number of aryl methyl sites for hydroxylation is 2. The Kier molecular flexibility index (Phi) is 5.96. The molecule has 0 bridgehead atoms. The molecule has 0 unspecified atom stereocenters. The molecule has 110 valence electrons. The number of anilines is 1. The Hall–Kier alpha value is -2.81. The van der Waals surface area contributed by atoms with E-state index < -0.39 is 11.9 Å². The Bertz CT molecular complexity index is 615. The zero-order valence-corrected chi connectivity index (χ0v) is 11.9. The van der Waals surface area contributed by atoms with Gasteiger partial charge in [-0.15, -0.1) is 0 Å². The third-order valence-electron chi connectivity index (χ3n) is 2.88. The summed E-state index contributed by atoms with van der Waals surface area (Å²) < 4.78 is 0. The molecule has 0 aromatic heterocycles. The smallest absolute Gasteiger partial charge is 0.305 e. The molecule has 0 spiro atoms. The highest BCUT2D eigenvalue weighted by atomic mass is 16.4. The van der Waals surface area contributed by atoms with Crippen LogP contribution in [0.5, 0.6) is 0 Å². The first-order valence-electron chi connectivity index (χ1n) is 6.38. The molecule has 0 heterocycles. The molecule has 1 aromatic carbocycles. The van der Waals surface area contributed by atoms with E-state index >= 15 is 0 Å². The number of nitriles is 1. The summed E-state index contributed by atoms with van der Waals surface area (Å²) in [6.07, 6.45) is 1.12. The summed E-state index contributed by atoms with van der Waals surface area (Å²) in [6, 6.07) is 7.46. The fourth-order valence-electron chi connectivity index (χ4n) is 1.51. The van der Waals surface area contributed by atoms with Crippen LogP contribution in [-0.4, -0.2) is 23.5 Å². The van der Waals surface area contributed by atoms with E-state index in [1.807, 2.05) is 32.0 Å². The summed E-state index contributed by atoms with van der Waals surface area (Å²) in [4.78, 5) is 22.0. The van der Waals surface area contributed by atoms with E-state index in [1.165, 1.54) is 6.20 Å². The van der Waals surface area contributed by atoms with Gasteiger partial charge in [-0.05, 0) is 37.1 Å². The van der Waals surface area contributed by atoms with Gasteiger partial charge in [0, 0.05) is 18.4 Å². The van der Waals surface area contributed by atoms with Gasteiger partial charge in [-0.2, -0.15) is 5.26 Å². The van der Waals surface area contributed by atoms with Crippen LogP contribution in [0, 0.1) is 25.2 Å². The van der Waals surface area contributed by atoms with Crippen molar-refractivity contribution < 1.29 is 14.7 Å². The Morgan fingerprint density at radius 2 is 2.05 bits per heavy atom. The van der Waals surface area contributed by atoms with Gasteiger partial charge in [0.15, 0.2) is 0 Å². The Morgan fingerprint density at radius 3 is 2.62 bits per heavy atom. The van der Waals surface area contributed by atoms with Crippen LogP contribution in [0.4, 0.5) is 5.69 Å². The SMILES string of the molecule is Cc1ccc(N/C=C(/C#N)C(=O)NCCC(=O)O)cc1C. The van der Waals surface area contributed by atoms with Gasteiger partial charge in [-0.3, -0.25) is 9.59 Å². The summed E-state index contributed by atoms with van der Waals surface area (Å²) in [5.74, 6) is -1.61. The lowest BCUT2D eigenvalue weighted by molar-refractivity contribution is -0.136. The molecule has 0 fully saturated rings. The van der Waals surface area contributed by atoms with Crippen molar-refractivity contribution in [3.05, 3.63) is 41.1 Å². The minimum Gasteiger partial charge on any atom is -0.481 e. The standard InChI is InChI=1S/C15H17N3O3/c1-10-3-4-13(7-11(10)2)18-9-12(8-16)15(21)17-6-5-14(19)20/h3-4,7,9,18H,5-6H2,1-2H3,(H,17,21)(H,19,20)/b12-9-. The number of benzene rings is 1. The number of nitrogens with zero attached hydrogens (tertiary/aromatic N) is 1. The van der Waals surface area contributed by atoms with E-state index in [4.69, 9.17) is 10.4 Å².